The highest BCUT2D eigenvalue weighted by atomic mass is 16.5. The summed E-state index contributed by atoms with van der Waals surface area (Å²) in [5, 5.41) is 6.58. The number of carbonyl (C=O) groups is 1. The van der Waals surface area contributed by atoms with Crippen molar-refractivity contribution < 1.29 is 18.8 Å². The van der Waals surface area contributed by atoms with Crippen molar-refractivity contribution >= 4 is 11.6 Å². The third kappa shape index (κ3) is 3.38. The van der Waals surface area contributed by atoms with E-state index in [4.69, 9.17) is 14.0 Å². The average molecular weight is 324 g/mol. The van der Waals surface area contributed by atoms with E-state index in [1.165, 1.54) is 0 Å². The summed E-state index contributed by atoms with van der Waals surface area (Å²) in [5.41, 5.74) is 1.59. The number of hydrogen-bond acceptors (Lipinski definition) is 5. The molecule has 0 fully saturated rings. The number of amides is 1. The number of ether oxygens (including phenoxy) is 2. The van der Waals surface area contributed by atoms with Crippen LogP contribution in [-0.2, 0) is 0 Å². The van der Waals surface area contributed by atoms with Gasteiger partial charge in [0.2, 0.25) is 0 Å². The standard InChI is InChI=1S/C18H16N2O4/c1-22-14-8-13(9-15(10-14)23-2)19-18(21)16-11-17(24-20-16)12-6-4-3-5-7-12/h3-11H,1-2H3,(H,19,21). The normalized spacial score (nSPS) is 10.2. The number of benzene rings is 2. The van der Waals surface area contributed by atoms with E-state index in [9.17, 15) is 4.79 Å². The largest absolute Gasteiger partial charge is 0.497 e. The smallest absolute Gasteiger partial charge is 0.277 e. The zero-order valence-electron chi connectivity index (χ0n) is 13.3. The van der Waals surface area contributed by atoms with Crippen LogP contribution in [0.3, 0.4) is 0 Å². The van der Waals surface area contributed by atoms with Crippen LogP contribution in [-0.4, -0.2) is 25.3 Å². The van der Waals surface area contributed by atoms with Crippen molar-refractivity contribution in [2.75, 3.05) is 19.5 Å². The Morgan fingerprint density at radius 3 is 2.29 bits per heavy atom. The van der Waals surface area contributed by atoms with Crippen LogP contribution in [0, 0.1) is 0 Å². The molecule has 0 aliphatic heterocycles. The Balaban J connectivity index is 1.80. The molecule has 0 saturated carbocycles. The lowest BCUT2D eigenvalue weighted by Gasteiger charge is -2.08. The molecule has 3 rings (SSSR count). The lowest BCUT2D eigenvalue weighted by Crippen LogP contribution is -2.12. The zero-order valence-corrected chi connectivity index (χ0v) is 13.3. The molecule has 3 aromatic rings. The Morgan fingerprint density at radius 2 is 1.67 bits per heavy atom. The molecular weight excluding hydrogens is 308 g/mol. The Bertz CT molecular complexity index is 821. The van der Waals surface area contributed by atoms with E-state index in [0.29, 0.717) is 22.9 Å². The van der Waals surface area contributed by atoms with Crippen LogP contribution in [0.2, 0.25) is 0 Å². The number of nitrogens with zero attached hydrogens (tertiary/aromatic N) is 1. The molecule has 0 aliphatic carbocycles. The summed E-state index contributed by atoms with van der Waals surface area (Å²) in [6, 6.07) is 16.2. The second-order valence-corrected chi connectivity index (χ2v) is 5.00. The van der Waals surface area contributed by atoms with Crippen molar-refractivity contribution in [3.05, 3.63) is 60.3 Å². The topological polar surface area (TPSA) is 73.6 Å². The van der Waals surface area contributed by atoms with Gasteiger partial charge in [-0.3, -0.25) is 4.79 Å². The second kappa shape index (κ2) is 6.87. The molecule has 0 saturated heterocycles. The predicted octanol–water partition coefficient (Wildman–Crippen LogP) is 3.61. The molecule has 0 atom stereocenters. The fraction of sp³-hybridized carbons (Fsp3) is 0.111. The van der Waals surface area contributed by atoms with Gasteiger partial charge in [-0.25, -0.2) is 0 Å². The van der Waals surface area contributed by atoms with Crippen molar-refractivity contribution in [3.63, 3.8) is 0 Å². The van der Waals surface area contributed by atoms with Gasteiger partial charge in [0.05, 0.1) is 14.2 Å². The molecule has 0 spiro atoms. The number of rotatable bonds is 5. The molecule has 6 heteroatoms. The summed E-state index contributed by atoms with van der Waals surface area (Å²) in [7, 11) is 3.09. The molecule has 1 aromatic heterocycles. The summed E-state index contributed by atoms with van der Waals surface area (Å²) in [5.74, 6) is 1.31. The Morgan fingerprint density at radius 1 is 1.00 bits per heavy atom. The minimum Gasteiger partial charge on any atom is -0.497 e. The maximum Gasteiger partial charge on any atom is 0.277 e. The third-order valence-electron chi connectivity index (χ3n) is 3.41. The highest BCUT2D eigenvalue weighted by molar-refractivity contribution is 6.03. The van der Waals surface area contributed by atoms with Gasteiger partial charge < -0.3 is 19.3 Å². The minimum absolute atomic E-state index is 0.190. The van der Waals surface area contributed by atoms with Gasteiger partial charge in [-0.15, -0.1) is 0 Å². The van der Waals surface area contributed by atoms with Gasteiger partial charge in [-0.1, -0.05) is 35.5 Å². The van der Waals surface area contributed by atoms with Crippen LogP contribution in [0.1, 0.15) is 10.5 Å². The Hall–Kier alpha value is -3.28. The lowest BCUT2D eigenvalue weighted by molar-refractivity contribution is 0.101. The first kappa shape index (κ1) is 15.6. The molecule has 1 N–H and O–H groups in total. The SMILES string of the molecule is COc1cc(NC(=O)c2cc(-c3ccccc3)on2)cc(OC)c1. The van der Waals surface area contributed by atoms with Crippen molar-refractivity contribution in [1.29, 1.82) is 0 Å². The Kier molecular flexibility index (Phi) is 4.47. The highest BCUT2D eigenvalue weighted by Gasteiger charge is 2.14. The van der Waals surface area contributed by atoms with Crippen LogP contribution < -0.4 is 14.8 Å². The number of nitrogens with one attached hydrogen (secondary N) is 1. The number of anilines is 1. The van der Waals surface area contributed by atoms with Crippen LogP contribution in [0.25, 0.3) is 11.3 Å². The summed E-state index contributed by atoms with van der Waals surface area (Å²) in [6.07, 6.45) is 0. The third-order valence-corrected chi connectivity index (χ3v) is 3.41. The van der Waals surface area contributed by atoms with Gasteiger partial charge in [0.25, 0.3) is 5.91 Å². The molecule has 24 heavy (non-hydrogen) atoms. The maximum absolute atomic E-state index is 12.3. The van der Waals surface area contributed by atoms with Gasteiger partial charge in [0.15, 0.2) is 11.5 Å². The maximum atomic E-state index is 12.3. The monoisotopic (exact) mass is 324 g/mol. The van der Waals surface area contributed by atoms with Crippen LogP contribution >= 0.6 is 0 Å². The molecule has 0 bridgehead atoms. The van der Waals surface area contributed by atoms with Gasteiger partial charge in [0, 0.05) is 35.5 Å². The quantitative estimate of drug-likeness (QED) is 0.776. The fourth-order valence-corrected chi connectivity index (χ4v) is 2.20. The number of hydrogen-bond donors (Lipinski definition) is 1. The molecule has 122 valence electrons. The Labute approximate surface area is 139 Å². The molecule has 0 aliphatic rings. The minimum atomic E-state index is -0.378. The zero-order chi connectivity index (χ0) is 16.9. The van der Waals surface area contributed by atoms with Crippen molar-refractivity contribution in [1.82, 2.24) is 5.16 Å². The highest BCUT2D eigenvalue weighted by Crippen LogP contribution is 2.26. The molecule has 1 heterocycles. The molecule has 0 radical (unpaired) electrons. The second-order valence-electron chi connectivity index (χ2n) is 5.00. The van der Waals surface area contributed by atoms with Crippen LogP contribution in [0.4, 0.5) is 5.69 Å². The molecule has 0 unspecified atom stereocenters. The summed E-state index contributed by atoms with van der Waals surface area (Å²) >= 11 is 0. The van der Waals surface area contributed by atoms with Gasteiger partial charge in [0.1, 0.15) is 11.5 Å². The number of carbonyl (C=O) groups excluding carboxylic acids is 1. The predicted molar refractivity (Wildman–Crippen MR) is 89.4 cm³/mol. The van der Waals surface area contributed by atoms with Crippen molar-refractivity contribution in [3.8, 4) is 22.8 Å². The average Bonchev–Trinajstić information content (AvgIpc) is 3.12. The summed E-state index contributed by atoms with van der Waals surface area (Å²) in [4.78, 5) is 12.3. The first-order valence-corrected chi connectivity index (χ1v) is 7.26. The lowest BCUT2D eigenvalue weighted by atomic mass is 10.1. The van der Waals surface area contributed by atoms with Crippen molar-refractivity contribution in [2.45, 2.75) is 0 Å². The fourth-order valence-electron chi connectivity index (χ4n) is 2.20. The number of aromatic nitrogens is 1. The molecule has 2 aromatic carbocycles. The van der Waals surface area contributed by atoms with E-state index in [1.54, 1.807) is 38.5 Å². The van der Waals surface area contributed by atoms with E-state index in [1.807, 2.05) is 30.3 Å². The summed E-state index contributed by atoms with van der Waals surface area (Å²) < 4.78 is 15.6. The van der Waals surface area contributed by atoms with Crippen LogP contribution in [0.5, 0.6) is 11.5 Å². The van der Waals surface area contributed by atoms with Gasteiger partial charge in [-0.2, -0.15) is 0 Å². The molecular formula is C18H16N2O4. The van der Waals surface area contributed by atoms with E-state index in [-0.39, 0.29) is 11.6 Å². The summed E-state index contributed by atoms with van der Waals surface area (Å²) in [6.45, 7) is 0. The molecule has 6 nitrogen and oxygen atoms in total. The van der Waals surface area contributed by atoms with Crippen molar-refractivity contribution in [2.24, 2.45) is 0 Å². The number of methoxy groups -OCH3 is 2. The van der Waals surface area contributed by atoms with Gasteiger partial charge >= 0.3 is 0 Å². The van der Waals surface area contributed by atoms with E-state index in [2.05, 4.69) is 10.5 Å². The first-order chi connectivity index (χ1) is 11.7. The van der Waals surface area contributed by atoms with E-state index < -0.39 is 0 Å². The van der Waals surface area contributed by atoms with Crippen LogP contribution in [0.15, 0.2) is 59.1 Å². The van der Waals surface area contributed by atoms with E-state index >= 15 is 0 Å². The first-order valence-electron chi connectivity index (χ1n) is 7.26. The van der Waals surface area contributed by atoms with Gasteiger partial charge in [-0.05, 0) is 0 Å². The molecule has 1 amide bonds. The van der Waals surface area contributed by atoms with E-state index in [0.717, 1.165) is 5.56 Å².